The molecule has 0 saturated heterocycles. The van der Waals surface area contributed by atoms with Gasteiger partial charge in [-0.25, -0.2) is 0 Å². The average Bonchev–Trinajstić information content (AvgIpc) is 2.39. The monoisotopic (exact) mass is 426 g/mol. The Labute approximate surface area is 167 Å². The summed E-state index contributed by atoms with van der Waals surface area (Å²) in [5.41, 5.74) is 0. The third-order valence-corrected chi connectivity index (χ3v) is 15.0. The molecule has 0 aromatic heterocycles. The van der Waals surface area contributed by atoms with Crippen molar-refractivity contribution in [2.75, 3.05) is 6.61 Å². The predicted molar refractivity (Wildman–Crippen MR) is 114 cm³/mol. The smallest absolute Gasteiger partial charge is 0.392 e. The van der Waals surface area contributed by atoms with Crippen molar-refractivity contribution >= 4 is 16.6 Å². The molecular formula is C20H41F3O2Si2. The van der Waals surface area contributed by atoms with Gasteiger partial charge in [0.15, 0.2) is 16.6 Å². The lowest BCUT2D eigenvalue weighted by molar-refractivity contribution is -0.125. The van der Waals surface area contributed by atoms with Crippen LogP contribution < -0.4 is 0 Å². The van der Waals surface area contributed by atoms with Crippen molar-refractivity contribution in [2.45, 2.75) is 109 Å². The van der Waals surface area contributed by atoms with E-state index in [9.17, 15) is 13.2 Å². The van der Waals surface area contributed by atoms with Gasteiger partial charge in [0.25, 0.3) is 0 Å². The van der Waals surface area contributed by atoms with Crippen LogP contribution in [0, 0.1) is 0 Å². The minimum absolute atomic E-state index is 0.0568. The first kappa shape index (κ1) is 26.9. The van der Waals surface area contributed by atoms with Crippen LogP contribution in [0.5, 0.6) is 0 Å². The fourth-order valence-corrected chi connectivity index (χ4v) is 4.41. The second kappa shape index (κ2) is 9.59. The number of alkyl halides is 3. The molecule has 0 aliphatic rings. The summed E-state index contributed by atoms with van der Waals surface area (Å²) in [6, 6.07) is 0. The summed E-state index contributed by atoms with van der Waals surface area (Å²) >= 11 is 0. The van der Waals surface area contributed by atoms with Crippen LogP contribution in [0.2, 0.25) is 36.3 Å². The number of hydrogen-bond donors (Lipinski definition) is 0. The first-order chi connectivity index (χ1) is 11.8. The highest BCUT2D eigenvalue weighted by atomic mass is 28.4. The molecule has 0 heterocycles. The molecule has 162 valence electrons. The lowest BCUT2D eigenvalue weighted by Crippen LogP contribution is -2.45. The van der Waals surface area contributed by atoms with Gasteiger partial charge in [0.2, 0.25) is 0 Å². The van der Waals surface area contributed by atoms with E-state index in [1.54, 1.807) is 6.08 Å². The lowest BCUT2D eigenvalue weighted by atomic mass is 10.2. The second-order valence-corrected chi connectivity index (χ2v) is 20.0. The maximum absolute atomic E-state index is 12.4. The molecule has 0 radical (unpaired) electrons. The molecule has 0 spiro atoms. The van der Waals surface area contributed by atoms with Crippen molar-refractivity contribution in [3.8, 4) is 0 Å². The third-order valence-electron chi connectivity index (χ3n) is 5.89. The molecule has 0 unspecified atom stereocenters. The van der Waals surface area contributed by atoms with Gasteiger partial charge in [-0.15, -0.1) is 0 Å². The van der Waals surface area contributed by atoms with E-state index in [-0.39, 0.29) is 16.2 Å². The fraction of sp³-hybridized carbons (Fsp3) is 0.900. The minimum Gasteiger partial charge on any atom is -0.417 e. The summed E-state index contributed by atoms with van der Waals surface area (Å²) < 4.78 is 49.8. The Balaban J connectivity index is 4.98. The molecular weight excluding hydrogens is 385 g/mol. The van der Waals surface area contributed by atoms with Gasteiger partial charge in [0.1, 0.15) is 0 Å². The van der Waals surface area contributed by atoms with Gasteiger partial charge >= 0.3 is 6.18 Å². The number of rotatable bonds is 9. The molecule has 0 saturated carbocycles. The zero-order valence-electron chi connectivity index (χ0n) is 19.0. The molecule has 0 fully saturated rings. The Morgan fingerprint density at radius 3 is 1.70 bits per heavy atom. The van der Waals surface area contributed by atoms with Crippen LogP contribution >= 0.6 is 0 Å². The Hall–Kier alpha value is -0.116. The summed E-state index contributed by atoms with van der Waals surface area (Å²) in [6.07, 6.45) is -1.15. The van der Waals surface area contributed by atoms with Gasteiger partial charge in [-0.05, 0) is 49.1 Å². The maximum Gasteiger partial charge on any atom is 0.392 e. The van der Waals surface area contributed by atoms with E-state index in [1.807, 2.05) is 0 Å². The van der Waals surface area contributed by atoms with E-state index < -0.39 is 29.2 Å². The minimum atomic E-state index is -4.16. The Bertz CT molecular complexity index is 473. The van der Waals surface area contributed by atoms with Crippen LogP contribution in [0.25, 0.3) is 0 Å². The molecule has 0 N–H and O–H groups in total. The van der Waals surface area contributed by atoms with Crippen LogP contribution in [0.3, 0.4) is 0 Å². The van der Waals surface area contributed by atoms with Crippen LogP contribution in [-0.2, 0) is 8.85 Å². The fourth-order valence-electron chi connectivity index (χ4n) is 1.95. The molecule has 2 nitrogen and oxygen atoms in total. The highest BCUT2D eigenvalue weighted by molar-refractivity contribution is 6.74. The van der Waals surface area contributed by atoms with E-state index in [4.69, 9.17) is 8.85 Å². The Morgan fingerprint density at radius 1 is 0.815 bits per heavy atom. The largest absolute Gasteiger partial charge is 0.417 e. The summed E-state index contributed by atoms with van der Waals surface area (Å²) in [4.78, 5) is 0. The zero-order chi connectivity index (χ0) is 21.7. The van der Waals surface area contributed by atoms with Crippen LogP contribution in [0.4, 0.5) is 13.2 Å². The summed E-state index contributed by atoms with van der Waals surface area (Å²) in [5, 5.41) is 0.191. The van der Waals surface area contributed by atoms with Crippen LogP contribution in [-0.4, -0.2) is 35.5 Å². The number of hydrogen-bond acceptors (Lipinski definition) is 2. The first-order valence-corrected chi connectivity index (χ1v) is 15.6. The lowest BCUT2D eigenvalue weighted by Gasteiger charge is -2.40. The van der Waals surface area contributed by atoms with Crippen molar-refractivity contribution in [3.63, 3.8) is 0 Å². The molecule has 0 aromatic carbocycles. The highest BCUT2D eigenvalue weighted by Crippen LogP contribution is 2.39. The second-order valence-electron chi connectivity index (χ2n) is 10.4. The van der Waals surface area contributed by atoms with Gasteiger partial charge in [-0.1, -0.05) is 53.7 Å². The van der Waals surface area contributed by atoms with Crippen LogP contribution in [0.15, 0.2) is 12.2 Å². The third kappa shape index (κ3) is 10.3. The van der Waals surface area contributed by atoms with E-state index in [2.05, 4.69) is 67.7 Å². The molecule has 0 aliphatic heterocycles. The maximum atomic E-state index is 12.4. The molecule has 0 amide bonds. The zero-order valence-corrected chi connectivity index (χ0v) is 21.0. The van der Waals surface area contributed by atoms with Crippen molar-refractivity contribution in [1.82, 2.24) is 0 Å². The average molecular weight is 427 g/mol. The number of allylic oxidation sites excluding steroid dienone is 1. The molecule has 7 heteroatoms. The van der Waals surface area contributed by atoms with Crippen molar-refractivity contribution < 1.29 is 22.0 Å². The molecule has 1 atom stereocenters. The van der Waals surface area contributed by atoms with Gasteiger partial charge < -0.3 is 8.85 Å². The first-order valence-electron chi connectivity index (χ1n) is 9.82. The van der Waals surface area contributed by atoms with E-state index in [1.165, 1.54) is 6.08 Å². The van der Waals surface area contributed by atoms with Gasteiger partial charge in [0, 0.05) is 6.61 Å². The summed E-state index contributed by atoms with van der Waals surface area (Å²) in [7, 11) is -3.84. The topological polar surface area (TPSA) is 18.5 Å². The molecule has 0 aromatic rings. The van der Waals surface area contributed by atoms with E-state index >= 15 is 0 Å². The van der Waals surface area contributed by atoms with E-state index in [0.717, 1.165) is 0 Å². The molecule has 27 heavy (non-hydrogen) atoms. The predicted octanol–water partition coefficient (Wildman–Crippen LogP) is 7.69. The molecule has 0 rings (SSSR count). The standard InChI is InChI=1S/C20H41F3O2Si2/c1-18(2,3)26(7,8)24-16-14-17(13-11-12-15-20(21,22)23)25-27(9,10)19(4,5)6/h11-12,17H,13-16H2,1-10H3/b12-11-/t17-/m0/s1. The number of halogens is 3. The highest BCUT2D eigenvalue weighted by Gasteiger charge is 2.40. The normalized spacial score (nSPS) is 16.2. The van der Waals surface area contributed by atoms with Gasteiger partial charge in [-0.2, -0.15) is 13.2 Å². The Kier molecular flexibility index (Phi) is 9.55. The quantitative estimate of drug-likeness (QED) is 0.278. The van der Waals surface area contributed by atoms with Crippen molar-refractivity contribution in [3.05, 3.63) is 12.2 Å². The summed E-state index contributed by atoms with van der Waals surface area (Å²) in [5.74, 6) is 0. The molecule has 0 aliphatic carbocycles. The van der Waals surface area contributed by atoms with Crippen LogP contribution in [0.1, 0.15) is 60.8 Å². The van der Waals surface area contributed by atoms with Gasteiger partial charge in [-0.3, -0.25) is 0 Å². The van der Waals surface area contributed by atoms with E-state index in [0.29, 0.717) is 19.4 Å². The van der Waals surface area contributed by atoms with Crippen molar-refractivity contribution in [2.24, 2.45) is 0 Å². The molecule has 0 bridgehead atoms. The summed E-state index contributed by atoms with van der Waals surface area (Å²) in [6.45, 7) is 22.4. The SMILES string of the molecule is CC(C)(C)[Si](C)(C)OCC[C@H](C/C=C\CC(F)(F)F)O[Si](C)(C)C(C)(C)C. The Morgan fingerprint density at radius 2 is 1.30 bits per heavy atom. The van der Waals surface area contributed by atoms with Gasteiger partial charge in [0.05, 0.1) is 12.5 Å². The van der Waals surface area contributed by atoms with Crippen molar-refractivity contribution in [1.29, 1.82) is 0 Å².